The lowest BCUT2D eigenvalue weighted by Crippen LogP contribution is -2.30. The minimum absolute atomic E-state index is 0.104. The molecule has 1 unspecified atom stereocenters. The van der Waals surface area contributed by atoms with Crippen LogP contribution in [0.4, 0.5) is 0 Å². The molecule has 0 aromatic carbocycles. The van der Waals surface area contributed by atoms with Crippen LogP contribution in [0.2, 0.25) is 0 Å². The summed E-state index contributed by atoms with van der Waals surface area (Å²) in [5.74, 6) is -0.993. The lowest BCUT2D eigenvalue weighted by atomic mass is 10.0. The maximum Gasteiger partial charge on any atom is 0.306 e. The van der Waals surface area contributed by atoms with E-state index < -0.39 is 6.10 Å². The topological polar surface area (TPSA) is 78.9 Å². The lowest BCUT2D eigenvalue weighted by Gasteiger charge is -2.18. The Morgan fingerprint density at radius 3 is 0.867 bits per heavy atom. The van der Waals surface area contributed by atoms with Crippen molar-refractivity contribution >= 4 is 17.9 Å². The fourth-order valence-corrected chi connectivity index (χ4v) is 7.61. The van der Waals surface area contributed by atoms with Crippen LogP contribution in [0.5, 0.6) is 0 Å². The van der Waals surface area contributed by atoms with E-state index in [1.54, 1.807) is 0 Å². The predicted octanol–water partition coefficient (Wildman–Crippen LogP) is 20.5. The number of hydrogen-bond donors (Lipinski definition) is 0. The number of allylic oxidation sites excluding steroid dienone is 26. The van der Waals surface area contributed by atoms with E-state index in [9.17, 15) is 14.4 Å². The van der Waals surface area contributed by atoms with Gasteiger partial charge in [0.05, 0.1) is 0 Å². The Morgan fingerprint density at radius 2 is 0.533 bits per heavy atom. The van der Waals surface area contributed by atoms with Crippen LogP contribution in [0.15, 0.2) is 158 Å². The third kappa shape index (κ3) is 59.8. The molecule has 0 saturated carbocycles. The van der Waals surface area contributed by atoms with Gasteiger partial charge in [-0.15, -0.1) is 0 Å². The summed E-state index contributed by atoms with van der Waals surface area (Å²) < 4.78 is 16.7. The molecule has 420 valence electrons. The number of carbonyl (C=O) groups is 3. The first-order valence-electron chi connectivity index (χ1n) is 30.0. The van der Waals surface area contributed by atoms with E-state index in [1.165, 1.54) is 51.4 Å². The molecule has 0 aliphatic heterocycles. The molecule has 0 spiro atoms. The zero-order valence-corrected chi connectivity index (χ0v) is 48.0. The van der Waals surface area contributed by atoms with Crippen LogP contribution in [-0.4, -0.2) is 37.2 Å². The molecule has 0 aliphatic rings. The summed E-state index contributed by atoms with van der Waals surface area (Å²) >= 11 is 0. The minimum atomic E-state index is -0.808. The van der Waals surface area contributed by atoms with Crippen molar-refractivity contribution in [1.29, 1.82) is 0 Å². The average Bonchev–Trinajstić information content (AvgIpc) is 3.41. The Kier molecular flexibility index (Phi) is 57.5. The van der Waals surface area contributed by atoms with E-state index in [0.29, 0.717) is 19.3 Å². The van der Waals surface area contributed by atoms with E-state index in [-0.39, 0.29) is 37.5 Å². The Balaban J connectivity index is 4.24. The average molecular weight is 1030 g/mol. The SMILES string of the molecule is CC/C=C\C/C=C\C/C=C\C/C=C\C/C=C\C/C=C\C/C=C\C/C=C\C/C=C\CCCC(=O)OCC(COC(=O)CCCCCCC)OC(=O)CCCCCCCCCCCC/C=C\C/C=C\C/C=C\C/C=C\CC. The van der Waals surface area contributed by atoms with Crippen LogP contribution in [0.1, 0.15) is 239 Å². The van der Waals surface area contributed by atoms with Gasteiger partial charge in [0.25, 0.3) is 0 Å². The van der Waals surface area contributed by atoms with Crippen LogP contribution in [0.25, 0.3) is 0 Å². The van der Waals surface area contributed by atoms with Crippen LogP contribution < -0.4 is 0 Å². The number of rotatable bonds is 52. The van der Waals surface area contributed by atoms with Gasteiger partial charge in [-0.25, -0.2) is 0 Å². The molecule has 0 aromatic heterocycles. The Bertz CT molecular complexity index is 1710. The first-order valence-corrected chi connectivity index (χ1v) is 30.0. The molecule has 0 radical (unpaired) electrons. The smallest absolute Gasteiger partial charge is 0.306 e. The highest BCUT2D eigenvalue weighted by Crippen LogP contribution is 2.14. The van der Waals surface area contributed by atoms with E-state index in [0.717, 1.165) is 141 Å². The molecule has 0 fully saturated rings. The number of ether oxygens (including phenoxy) is 3. The van der Waals surface area contributed by atoms with E-state index >= 15 is 0 Å². The summed E-state index contributed by atoms with van der Waals surface area (Å²) in [6.45, 7) is 6.26. The molecule has 0 aromatic rings. The number of esters is 3. The molecule has 0 bridgehead atoms. The van der Waals surface area contributed by atoms with Crippen molar-refractivity contribution in [2.75, 3.05) is 13.2 Å². The molecule has 0 N–H and O–H groups in total. The second-order valence-corrected chi connectivity index (χ2v) is 19.1. The number of unbranched alkanes of at least 4 members (excludes halogenated alkanes) is 15. The van der Waals surface area contributed by atoms with Crippen molar-refractivity contribution in [1.82, 2.24) is 0 Å². The van der Waals surface area contributed by atoms with Crippen molar-refractivity contribution in [2.24, 2.45) is 0 Å². The summed E-state index contributed by atoms with van der Waals surface area (Å²) in [5.41, 5.74) is 0. The van der Waals surface area contributed by atoms with E-state index in [1.807, 2.05) is 0 Å². The molecule has 0 saturated heterocycles. The Morgan fingerprint density at radius 1 is 0.280 bits per heavy atom. The van der Waals surface area contributed by atoms with Crippen LogP contribution in [0.3, 0.4) is 0 Å². The summed E-state index contributed by atoms with van der Waals surface area (Å²) in [4.78, 5) is 37.8. The standard InChI is InChI=1S/C69H108O6/c1-4-7-10-13-15-17-19-21-23-25-27-29-31-32-33-34-35-36-38-39-41-43-45-47-49-51-53-56-59-62-68(71)74-65-66(64-73-67(70)61-58-55-12-9-6-3)75-69(72)63-60-57-54-52-50-48-46-44-42-40-37-30-28-26-24-22-20-18-16-14-11-8-5-2/h7-8,10-11,15-18,21-24,27-30,32-33,35-36,39,41,45,47,51,53,66H,4-6,9,12-14,19-20,25-26,31,34,37-38,40,42-44,46,48-50,52,54-65H2,1-3H3/b10-7-,11-8-,17-15-,18-16-,23-21-,24-22-,29-27-,30-28-,33-32-,36-35-,41-39-,47-45-,53-51-. The largest absolute Gasteiger partial charge is 0.462 e. The van der Waals surface area contributed by atoms with Gasteiger partial charge >= 0.3 is 17.9 Å². The Hall–Kier alpha value is -4.97. The van der Waals surface area contributed by atoms with E-state index in [2.05, 4.69) is 179 Å². The molecule has 0 aliphatic carbocycles. The highest BCUT2D eigenvalue weighted by Gasteiger charge is 2.19. The molecule has 0 amide bonds. The quantitative estimate of drug-likeness (QED) is 0.0261. The van der Waals surface area contributed by atoms with Gasteiger partial charge in [0.1, 0.15) is 13.2 Å². The lowest BCUT2D eigenvalue weighted by molar-refractivity contribution is -0.167. The van der Waals surface area contributed by atoms with Gasteiger partial charge < -0.3 is 14.2 Å². The first-order chi connectivity index (χ1) is 37.0. The molecule has 0 rings (SSSR count). The summed E-state index contributed by atoms with van der Waals surface area (Å²) in [7, 11) is 0. The normalized spacial score (nSPS) is 13.3. The fraction of sp³-hybridized carbons (Fsp3) is 0.580. The van der Waals surface area contributed by atoms with Crippen molar-refractivity contribution in [3.05, 3.63) is 158 Å². The molecule has 1 atom stereocenters. The van der Waals surface area contributed by atoms with Crippen molar-refractivity contribution in [3.63, 3.8) is 0 Å². The minimum Gasteiger partial charge on any atom is -0.462 e. The van der Waals surface area contributed by atoms with Gasteiger partial charge in [-0.3, -0.25) is 14.4 Å². The van der Waals surface area contributed by atoms with Gasteiger partial charge in [0.2, 0.25) is 0 Å². The number of hydrogen-bond acceptors (Lipinski definition) is 6. The van der Waals surface area contributed by atoms with Crippen molar-refractivity contribution in [3.8, 4) is 0 Å². The highest BCUT2D eigenvalue weighted by molar-refractivity contribution is 5.71. The third-order valence-electron chi connectivity index (χ3n) is 12.0. The van der Waals surface area contributed by atoms with Gasteiger partial charge in [-0.1, -0.05) is 256 Å². The molecular formula is C69H108O6. The predicted molar refractivity (Wildman–Crippen MR) is 325 cm³/mol. The fourth-order valence-electron chi connectivity index (χ4n) is 7.61. The van der Waals surface area contributed by atoms with Crippen molar-refractivity contribution in [2.45, 2.75) is 245 Å². The molecule has 6 heteroatoms. The van der Waals surface area contributed by atoms with Gasteiger partial charge in [0, 0.05) is 19.3 Å². The van der Waals surface area contributed by atoms with Crippen LogP contribution in [-0.2, 0) is 28.6 Å². The van der Waals surface area contributed by atoms with Gasteiger partial charge in [-0.2, -0.15) is 0 Å². The zero-order valence-electron chi connectivity index (χ0n) is 48.0. The van der Waals surface area contributed by atoms with E-state index in [4.69, 9.17) is 14.2 Å². The molecular weight excluding hydrogens is 925 g/mol. The van der Waals surface area contributed by atoms with Crippen molar-refractivity contribution < 1.29 is 28.6 Å². The summed E-state index contributed by atoms with van der Waals surface area (Å²) in [6, 6.07) is 0. The Labute approximate surface area is 460 Å². The van der Waals surface area contributed by atoms with Gasteiger partial charge in [-0.05, 0) is 122 Å². The second kappa shape index (κ2) is 61.6. The maximum atomic E-state index is 12.8. The van der Waals surface area contributed by atoms with Crippen LogP contribution in [0, 0.1) is 0 Å². The maximum absolute atomic E-state index is 12.8. The first kappa shape index (κ1) is 70.0. The molecule has 0 heterocycles. The zero-order chi connectivity index (χ0) is 54.3. The number of carbonyl (C=O) groups excluding carboxylic acids is 3. The monoisotopic (exact) mass is 1030 g/mol. The van der Waals surface area contributed by atoms with Gasteiger partial charge in [0.15, 0.2) is 6.10 Å². The second-order valence-electron chi connectivity index (χ2n) is 19.1. The highest BCUT2D eigenvalue weighted by atomic mass is 16.6. The summed E-state index contributed by atoms with van der Waals surface area (Å²) in [5, 5.41) is 0. The third-order valence-corrected chi connectivity index (χ3v) is 12.0. The summed E-state index contributed by atoms with van der Waals surface area (Å²) in [6.07, 6.45) is 90.0. The van der Waals surface area contributed by atoms with Crippen LogP contribution >= 0.6 is 0 Å². The molecule has 75 heavy (non-hydrogen) atoms. The molecule has 6 nitrogen and oxygen atoms in total.